The minimum atomic E-state index is -0.809. The van der Waals surface area contributed by atoms with Crippen LogP contribution in [-0.4, -0.2) is 6.54 Å². The number of hydrogen-bond acceptors (Lipinski definition) is 1. The summed E-state index contributed by atoms with van der Waals surface area (Å²) in [5.41, 5.74) is 0.806. The molecule has 1 rings (SSSR count). The van der Waals surface area contributed by atoms with E-state index in [1.54, 1.807) is 6.07 Å². The number of rotatable bonds is 8. The van der Waals surface area contributed by atoms with Gasteiger partial charge in [0.1, 0.15) is 0 Å². The Morgan fingerprint density at radius 1 is 1.20 bits per heavy atom. The van der Waals surface area contributed by atoms with E-state index in [0.29, 0.717) is 5.92 Å². The second-order valence-corrected chi connectivity index (χ2v) is 6.19. The average molecular weight is 348 g/mol. The van der Waals surface area contributed by atoms with Crippen LogP contribution in [0.15, 0.2) is 16.6 Å². The molecular formula is C16H24BrF2N. The van der Waals surface area contributed by atoms with Crippen molar-refractivity contribution in [2.75, 3.05) is 6.54 Å². The van der Waals surface area contributed by atoms with E-state index in [4.69, 9.17) is 0 Å². The fourth-order valence-corrected chi connectivity index (χ4v) is 3.06. The molecule has 0 spiro atoms. The lowest BCUT2D eigenvalue weighted by Gasteiger charge is -2.24. The summed E-state index contributed by atoms with van der Waals surface area (Å²) in [5, 5.41) is 3.44. The van der Waals surface area contributed by atoms with Crippen LogP contribution in [0.2, 0.25) is 0 Å². The highest BCUT2D eigenvalue weighted by Gasteiger charge is 2.20. The molecule has 0 amide bonds. The Bertz CT molecular complexity index is 423. The molecule has 0 aliphatic rings. The molecular weight excluding hydrogens is 324 g/mol. The molecule has 0 aromatic heterocycles. The predicted octanol–water partition coefficient (Wildman–Crippen LogP) is 5.59. The lowest BCUT2D eigenvalue weighted by Crippen LogP contribution is -2.24. The maximum atomic E-state index is 13.7. The predicted molar refractivity (Wildman–Crippen MR) is 83.8 cm³/mol. The molecule has 20 heavy (non-hydrogen) atoms. The molecule has 1 aromatic rings. The van der Waals surface area contributed by atoms with E-state index in [1.165, 1.54) is 6.07 Å². The molecule has 0 bridgehead atoms. The van der Waals surface area contributed by atoms with Crippen LogP contribution in [0.1, 0.15) is 58.1 Å². The topological polar surface area (TPSA) is 12.0 Å². The van der Waals surface area contributed by atoms with E-state index >= 15 is 0 Å². The molecule has 2 atom stereocenters. The van der Waals surface area contributed by atoms with Crippen LogP contribution in [0.5, 0.6) is 0 Å². The van der Waals surface area contributed by atoms with E-state index in [2.05, 4.69) is 42.0 Å². The molecule has 1 nitrogen and oxygen atoms in total. The second kappa shape index (κ2) is 8.73. The molecule has 1 aromatic carbocycles. The summed E-state index contributed by atoms with van der Waals surface area (Å²) in [6.45, 7) is 7.34. The average Bonchev–Trinajstić information content (AvgIpc) is 2.41. The normalized spacial score (nSPS) is 14.3. The van der Waals surface area contributed by atoms with Crippen molar-refractivity contribution in [1.82, 2.24) is 5.32 Å². The molecule has 0 saturated carbocycles. The maximum Gasteiger partial charge on any atom is 0.173 e. The molecule has 4 heteroatoms. The highest BCUT2D eigenvalue weighted by molar-refractivity contribution is 9.10. The van der Waals surface area contributed by atoms with Gasteiger partial charge in [0.05, 0.1) is 4.47 Å². The highest BCUT2D eigenvalue weighted by atomic mass is 79.9. The fourth-order valence-electron chi connectivity index (χ4n) is 2.46. The number of halogens is 3. The number of hydrogen-bond donors (Lipinski definition) is 1. The zero-order valence-electron chi connectivity index (χ0n) is 12.5. The van der Waals surface area contributed by atoms with Crippen molar-refractivity contribution in [2.45, 2.75) is 52.5 Å². The third kappa shape index (κ3) is 4.81. The van der Waals surface area contributed by atoms with Crippen molar-refractivity contribution in [3.63, 3.8) is 0 Å². The van der Waals surface area contributed by atoms with E-state index < -0.39 is 11.6 Å². The quantitative estimate of drug-likeness (QED) is 0.604. The highest BCUT2D eigenvalue weighted by Crippen LogP contribution is 2.32. The van der Waals surface area contributed by atoms with E-state index in [9.17, 15) is 8.78 Å². The molecule has 114 valence electrons. The van der Waals surface area contributed by atoms with Crippen LogP contribution in [0.3, 0.4) is 0 Å². The molecule has 0 heterocycles. The Hall–Kier alpha value is -0.480. The van der Waals surface area contributed by atoms with E-state index in [1.807, 2.05) is 0 Å². The summed E-state index contributed by atoms with van der Waals surface area (Å²) in [6.07, 6.45) is 4.23. The van der Waals surface area contributed by atoms with Gasteiger partial charge in [-0.1, -0.05) is 39.7 Å². The molecule has 2 unspecified atom stereocenters. The first-order chi connectivity index (χ1) is 9.51. The molecule has 0 aliphatic carbocycles. The maximum absolute atomic E-state index is 13.7. The Morgan fingerprint density at radius 2 is 1.90 bits per heavy atom. The molecule has 0 radical (unpaired) electrons. The van der Waals surface area contributed by atoms with Crippen LogP contribution in [0, 0.1) is 17.6 Å². The van der Waals surface area contributed by atoms with Gasteiger partial charge in [-0.05, 0) is 52.9 Å². The lowest BCUT2D eigenvalue weighted by atomic mass is 9.92. The Labute approximate surface area is 129 Å². The monoisotopic (exact) mass is 347 g/mol. The van der Waals surface area contributed by atoms with Crippen molar-refractivity contribution >= 4 is 15.9 Å². The van der Waals surface area contributed by atoms with Crippen LogP contribution >= 0.6 is 15.9 Å². The van der Waals surface area contributed by atoms with Crippen molar-refractivity contribution in [3.05, 3.63) is 33.8 Å². The van der Waals surface area contributed by atoms with Crippen LogP contribution < -0.4 is 5.32 Å². The number of benzene rings is 1. The standard InChI is InChI=1S/C16H24BrF2N/c1-4-6-11(3)10-14(20-9-5-2)12-7-8-13(18)16(19)15(12)17/h7-8,11,14,20H,4-6,9-10H2,1-3H3. The molecule has 0 aliphatic heterocycles. The first-order valence-electron chi connectivity index (χ1n) is 7.37. The van der Waals surface area contributed by atoms with E-state index in [0.717, 1.165) is 37.8 Å². The minimum Gasteiger partial charge on any atom is -0.310 e. The first-order valence-corrected chi connectivity index (χ1v) is 8.17. The van der Waals surface area contributed by atoms with Crippen molar-refractivity contribution < 1.29 is 8.78 Å². The van der Waals surface area contributed by atoms with Gasteiger partial charge in [-0.25, -0.2) is 8.78 Å². The van der Waals surface area contributed by atoms with Gasteiger partial charge in [0.25, 0.3) is 0 Å². The number of nitrogens with one attached hydrogen (secondary N) is 1. The van der Waals surface area contributed by atoms with Gasteiger partial charge in [-0.2, -0.15) is 0 Å². The molecule has 0 fully saturated rings. The SMILES string of the molecule is CCCNC(CC(C)CCC)c1ccc(F)c(F)c1Br. The summed E-state index contributed by atoms with van der Waals surface area (Å²) in [5.74, 6) is -1.06. The Morgan fingerprint density at radius 3 is 2.50 bits per heavy atom. The third-order valence-corrected chi connectivity index (χ3v) is 4.31. The Balaban J connectivity index is 2.95. The second-order valence-electron chi connectivity index (χ2n) is 5.40. The van der Waals surface area contributed by atoms with Gasteiger partial charge in [-0.3, -0.25) is 0 Å². The summed E-state index contributed by atoms with van der Waals surface area (Å²) < 4.78 is 27.2. The summed E-state index contributed by atoms with van der Waals surface area (Å²) >= 11 is 3.20. The van der Waals surface area contributed by atoms with Crippen molar-refractivity contribution in [2.24, 2.45) is 5.92 Å². The first kappa shape index (κ1) is 17.6. The van der Waals surface area contributed by atoms with Gasteiger partial charge in [0.2, 0.25) is 0 Å². The van der Waals surface area contributed by atoms with Gasteiger partial charge in [-0.15, -0.1) is 0 Å². The van der Waals surface area contributed by atoms with Gasteiger partial charge in [0, 0.05) is 6.04 Å². The van der Waals surface area contributed by atoms with Gasteiger partial charge in [0.15, 0.2) is 11.6 Å². The van der Waals surface area contributed by atoms with Gasteiger partial charge < -0.3 is 5.32 Å². The van der Waals surface area contributed by atoms with Crippen LogP contribution in [0.25, 0.3) is 0 Å². The largest absolute Gasteiger partial charge is 0.310 e. The minimum absolute atomic E-state index is 0.0565. The lowest BCUT2D eigenvalue weighted by molar-refractivity contribution is 0.386. The van der Waals surface area contributed by atoms with Crippen LogP contribution in [-0.2, 0) is 0 Å². The zero-order chi connectivity index (χ0) is 15.1. The fraction of sp³-hybridized carbons (Fsp3) is 0.625. The summed E-state index contributed by atoms with van der Waals surface area (Å²) in [7, 11) is 0. The zero-order valence-corrected chi connectivity index (χ0v) is 14.1. The molecule has 1 N–H and O–H groups in total. The smallest absolute Gasteiger partial charge is 0.173 e. The summed E-state index contributed by atoms with van der Waals surface area (Å²) in [6, 6.07) is 2.94. The van der Waals surface area contributed by atoms with Crippen molar-refractivity contribution in [1.29, 1.82) is 0 Å². The Kier molecular flexibility index (Phi) is 7.67. The van der Waals surface area contributed by atoms with Crippen LogP contribution in [0.4, 0.5) is 8.78 Å². The van der Waals surface area contributed by atoms with E-state index in [-0.39, 0.29) is 10.5 Å². The summed E-state index contributed by atoms with van der Waals surface area (Å²) in [4.78, 5) is 0. The van der Waals surface area contributed by atoms with Gasteiger partial charge >= 0.3 is 0 Å². The molecule has 0 saturated heterocycles. The third-order valence-electron chi connectivity index (χ3n) is 3.50. The van der Waals surface area contributed by atoms with Crippen molar-refractivity contribution in [3.8, 4) is 0 Å².